The predicted octanol–water partition coefficient (Wildman–Crippen LogP) is 0.465. The van der Waals surface area contributed by atoms with E-state index in [1.807, 2.05) is 0 Å². The Bertz CT molecular complexity index is 361. The molecule has 0 bridgehead atoms. The average Bonchev–Trinajstić information content (AvgIpc) is 2.74. The molecule has 0 radical (unpaired) electrons. The summed E-state index contributed by atoms with van der Waals surface area (Å²) in [5.41, 5.74) is 0. The van der Waals surface area contributed by atoms with E-state index in [0.29, 0.717) is 26.2 Å². The van der Waals surface area contributed by atoms with Crippen LogP contribution in [-0.2, 0) is 14.9 Å². The van der Waals surface area contributed by atoms with E-state index >= 15 is 0 Å². The second-order valence-electron chi connectivity index (χ2n) is 5.53. The third-order valence-electron chi connectivity index (χ3n) is 3.93. The van der Waals surface area contributed by atoms with Gasteiger partial charge in [-0.2, -0.15) is 17.4 Å². The van der Waals surface area contributed by atoms with Crippen LogP contribution in [0.1, 0.15) is 38.5 Å². The minimum Gasteiger partial charge on any atom is -0.377 e. The second-order valence-corrected chi connectivity index (χ2v) is 7.29. The fourth-order valence-electron chi connectivity index (χ4n) is 2.73. The van der Waals surface area contributed by atoms with Crippen molar-refractivity contribution >= 4 is 10.2 Å². The Labute approximate surface area is 122 Å². The summed E-state index contributed by atoms with van der Waals surface area (Å²) in [4.78, 5) is 0. The van der Waals surface area contributed by atoms with Crippen LogP contribution in [0.25, 0.3) is 0 Å². The molecule has 2 saturated heterocycles. The van der Waals surface area contributed by atoms with Crippen LogP contribution in [-0.4, -0.2) is 58.2 Å². The Morgan fingerprint density at radius 2 is 1.75 bits per heavy atom. The van der Waals surface area contributed by atoms with Crippen LogP contribution in [0, 0.1) is 0 Å². The summed E-state index contributed by atoms with van der Waals surface area (Å²) in [7, 11) is -3.32. The van der Waals surface area contributed by atoms with Crippen LogP contribution in [0.4, 0.5) is 0 Å². The number of hydrogen-bond donors (Lipinski definition) is 2. The minimum atomic E-state index is -3.32. The van der Waals surface area contributed by atoms with Crippen molar-refractivity contribution in [1.29, 1.82) is 0 Å². The lowest BCUT2D eigenvalue weighted by molar-refractivity contribution is 0.0365. The molecule has 2 aliphatic heterocycles. The first-order valence-electron chi connectivity index (χ1n) is 7.75. The standard InChI is InChI=1S/C13H27N3O3S/c17-20(18,16-10-3-1-2-4-11-16)15-9-12-19-13-5-7-14-8-6-13/h13-15H,1-12H2. The number of nitrogens with one attached hydrogen (secondary N) is 2. The van der Waals surface area contributed by atoms with Gasteiger partial charge in [-0.1, -0.05) is 12.8 Å². The van der Waals surface area contributed by atoms with Crippen LogP contribution in [0.2, 0.25) is 0 Å². The van der Waals surface area contributed by atoms with E-state index in [4.69, 9.17) is 4.74 Å². The van der Waals surface area contributed by atoms with Crippen molar-refractivity contribution in [2.75, 3.05) is 39.3 Å². The molecular formula is C13H27N3O3S. The second kappa shape index (κ2) is 8.29. The Hall–Kier alpha value is -0.210. The van der Waals surface area contributed by atoms with Crippen molar-refractivity contribution < 1.29 is 13.2 Å². The zero-order chi connectivity index (χ0) is 14.3. The highest BCUT2D eigenvalue weighted by Crippen LogP contribution is 2.12. The van der Waals surface area contributed by atoms with Gasteiger partial charge in [0.05, 0.1) is 12.7 Å². The van der Waals surface area contributed by atoms with Gasteiger partial charge in [0.1, 0.15) is 0 Å². The highest BCUT2D eigenvalue weighted by atomic mass is 32.2. The zero-order valence-corrected chi connectivity index (χ0v) is 13.0. The molecule has 20 heavy (non-hydrogen) atoms. The van der Waals surface area contributed by atoms with Crippen molar-refractivity contribution in [3.63, 3.8) is 0 Å². The fraction of sp³-hybridized carbons (Fsp3) is 1.00. The van der Waals surface area contributed by atoms with Crippen LogP contribution in [0.5, 0.6) is 0 Å². The first-order valence-corrected chi connectivity index (χ1v) is 9.19. The monoisotopic (exact) mass is 305 g/mol. The van der Waals surface area contributed by atoms with Crippen molar-refractivity contribution in [3.05, 3.63) is 0 Å². The third kappa shape index (κ3) is 5.29. The lowest BCUT2D eigenvalue weighted by Crippen LogP contribution is -2.43. The molecular weight excluding hydrogens is 278 g/mol. The fourth-order valence-corrected chi connectivity index (χ4v) is 3.99. The van der Waals surface area contributed by atoms with Crippen LogP contribution in [0.15, 0.2) is 0 Å². The summed E-state index contributed by atoms with van der Waals surface area (Å²) >= 11 is 0. The zero-order valence-electron chi connectivity index (χ0n) is 12.1. The van der Waals surface area contributed by atoms with E-state index in [9.17, 15) is 8.42 Å². The number of hydrogen-bond acceptors (Lipinski definition) is 4. The molecule has 2 rings (SSSR count). The molecule has 0 atom stereocenters. The van der Waals surface area contributed by atoms with Gasteiger partial charge in [-0.25, -0.2) is 0 Å². The first-order chi connectivity index (χ1) is 9.68. The van der Waals surface area contributed by atoms with Crippen molar-refractivity contribution in [3.8, 4) is 0 Å². The molecule has 0 aromatic rings. The van der Waals surface area contributed by atoms with E-state index in [1.165, 1.54) is 0 Å². The third-order valence-corrected chi connectivity index (χ3v) is 5.55. The molecule has 2 aliphatic rings. The molecule has 2 heterocycles. The molecule has 0 aromatic heterocycles. The van der Waals surface area contributed by atoms with Gasteiger partial charge in [0, 0.05) is 19.6 Å². The topological polar surface area (TPSA) is 70.7 Å². The van der Waals surface area contributed by atoms with Gasteiger partial charge in [0.25, 0.3) is 10.2 Å². The van der Waals surface area contributed by atoms with E-state index in [0.717, 1.165) is 51.6 Å². The van der Waals surface area contributed by atoms with Crippen molar-refractivity contribution in [2.45, 2.75) is 44.6 Å². The van der Waals surface area contributed by atoms with Crippen LogP contribution < -0.4 is 10.0 Å². The predicted molar refractivity (Wildman–Crippen MR) is 78.8 cm³/mol. The Kier molecular flexibility index (Phi) is 6.70. The summed E-state index contributed by atoms with van der Waals surface area (Å²) in [5.74, 6) is 0. The summed E-state index contributed by atoms with van der Waals surface area (Å²) in [6.45, 7) is 4.09. The van der Waals surface area contributed by atoms with Crippen LogP contribution in [0.3, 0.4) is 0 Å². The number of ether oxygens (including phenoxy) is 1. The van der Waals surface area contributed by atoms with Gasteiger partial charge < -0.3 is 10.1 Å². The summed E-state index contributed by atoms with van der Waals surface area (Å²) in [6.07, 6.45) is 6.49. The maximum atomic E-state index is 12.1. The van der Waals surface area contributed by atoms with E-state index in [1.54, 1.807) is 4.31 Å². The summed E-state index contributed by atoms with van der Waals surface area (Å²) in [5, 5.41) is 3.28. The molecule has 6 nitrogen and oxygen atoms in total. The lowest BCUT2D eigenvalue weighted by Gasteiger charge is -2.24. The normalized spacial score (nSPS) is 23.6. The summed E-state index contributed by atoms with van der Waals surface area (Å²) in [6, 6.07) is 0. The van der Waals surface area contributed by atoms with Gasteiger partial charge in [-0.05, 0) is 38.8 Å². The van der Waals surface area contributed by atoms with Crippen LogP contribution >= 0.6 is 0 Å². The molecule has 0 aliphatic carbocycles. The van der Waals surface area contributed by atoms with E-state index in [-0.39, 0.29) is 6.10 Å². The highest BCUT2D eigenvalue weighted by Gasteiger charge is 2.22. The summed E-state index contributed by atoms with van der Waals surface area (Å²) < 4.78 is 34.2. The molecule has 7 heteroatoms. The number of nitrogens with zero attached hydrogens (tertiary/aromatic N) is 1. The van der Waals surface area contributed by atoms with Gasteiger partial charge in [0.15, 0.2) is 0 Å². The molecule has 0 amide bonds. The maximum absolute atomic E-state index is 12.1. The molecule has 2 fully saturated rings. The van der Waals surface area contributed by atoms with E-state index in [2.05, 4.69) is 10.0 Å². The maximum Gasteiger partial charge on any atom is 0.279 e. The molecule has 2 N–H and O–H groups in total. The molecule has 0 aromatic carbocycles. The SMILES string of the molecule is O=S(=O)(NCCOC1CCNCC1)N1CCCCCC1. The molecule has 0 saturated carbocycles. The molecule has 0 spiro atoms. The van der Waals surface area contributed by atoms with Gasteiger partial charge in [-0.15, -0.1) is 0 Å². The molecule has 118 valence electrons. The Balaban J connectivity index is 1.66. The van der Waals surface area contributed by atoms with Gasteiger partial charge in [-0.3, -0.25) is 0 Å². The van der Waals surface area contributed by atoms with Gasteiger partial charge in [0.2, 0.25) is 0 Å². The Morgan fingerprint density at radius 3 is 2.40 bits per heavy atom. The minimum absolute atomic E-state index is 0.277. The van der Waals surface area contributed by atoms with Crippen molar-refractivity contribution in [1.82, 2.24) is 14.3 Å². The highest BCUT2D eigenvalue weighted by molar-refractivity contribution is 7.87. The average molecular weight is 305 g/mol. The van der Waals surface area contributed by atoms with E-state index < -0.39 is 10.2 Å². The molecule has 0 unspecified atom stereocenters. The smallest absolute Gasteiger partial charge is 0.279 e. The quantitative estimate of drug-likeness (QED) is 0.700. The van der Waals surface area contributed by atoms with Crippen molar-refractivity contribution in [2.24, 2.45) is 0 Å². The first kappa shape index (κ1) is 16.2. The lowest BCUT2D eigenvalue weighted by atomic mass is 10.1. The number of rotatable bonds is 6. The number of piperidine rings is 1. The largest absolute Gasteiger partial charge is 0.377 e. The van der Waals surface area contributed by atoms with Gasteiger partial charge >= 0.3 is 0 Å². The Morgan fingerprint density at radius 1 is 1.10 bits per heavy atom.